The van der Waals surface area contributed by atoms with Crippen molar-refractivity contribution in [2.24, 2.45) is 0 Å². The predicted molar refractivity (Wildman–Crippen MR) is 130 cm³/mol. The van der Waals surface area contributed by atoms with Crippen LogP contribution in [0.5, 0.6) is 5.75 Å². The van der Waals surface area contributed by atoms with Gasteiger partial charge in [0.1, 0.15) is 12.3 Å². The van der Waals surface area contributed by atoms with E-state index in [0.717, 1.165) is 5.56 Å². The van der Waals surface area contributed by atoms with E-state index in [9.17, 15) is 14.4 Å². The molecule has 2 aromatic rings. The lowest BCUT2D eigenvalue weighted by atomic mass is 10.0. The first-order valence-corrected chi connectivity index (χ1v) is 11.3. The molecule has 0 spiro atoms. The van der Waals surface area contributed by atoms with Crippen molar-refractivity contribution in [3.8, 4) is 5.75 Å². The average Bonchev–Trinajstić information content (AvgIpc) is 2.80. The third kappa shape index (κ3) is 6.00. The van der Waals surface area contributed by atoms with Gasteiger partial charge in [-0.3, -0.25) is 19.3 Å². The van der Waals surface area contributed by atoms with Gasteiger partial charge in [0.2, 0.25) is 11.8 Å². The number of carbonyl (C=O) groups is 3. The fraction of sp³-hybridized carbons (Fsp3) is 0.346. The molecule has 0 aromatic heterocycles. The molecule has 0 atom stereocenters. The normalized spacial score (nSPS) is 13.1. The molecule has 0 bridgehead atoms. The second kappa shape index (κ2) is 10.8. The van der Waals surface area contributed by atoms with Gasteiger partial charge in [-0.1, -0.05) is 38.1 Å². The highest BCUT2D eigenvalue weighted by atomic mass is 16.5. The van der Waals surface area contributed by atoms with Crippen molar-refractivity contribution >= 4 is 35.2 Å². The van der Waals surface area contributed by atoms with Crippen LogP contribution in [-0.2, 0) is 14.4 Å². The van der Waals surface area contributed by atoms with Crippen LogP contribution < -0.4 is 15.0 Å². The Hall–Kier alpha value is -3.61. The largest absolute Gasteiger partial charge is 0.482 e. The molecular weight excluding hydrogens is 418 g/mol. The van der Waals surface area contributed by atoms with E-state index in [1.54, 1.807) is 29.2 Å². The molecule has 0 saturated heterocycles. The molecule has 1 aliphatic heterocycles. The Morgan fingerprint density at radius 2 is 1.82 bits per heavy atom. The lowest BCUT2D eigenvalue weighted by Crippen LogP contribution is -2.46. The number of hydrogen-bond acceptors (Lipinski definition) is 4. The van der Waals surface area contributed by atoms with Gasteiger partial charge in [-0.15, -0.1) is 0 Å². The van der Waals surface area contributed by atoms with Crippen molar-refractivity contribution in [2.45, 2.75) is 33.6 Å². The van der Waals surface area contributed by atoms with E-state index in [4.69, 9.17) is 4.74 Å². The highest BCUT2D eigenvalue weighted by molar-refractivity contribution is 6.05. The van der Waals surface area contributed by atoms with Crippen LogP contribution in [0.1, 0.15) is 44.7 Å². The van der Waals surface area contributed by atoms with E-state index in [1.807, 2.05) is 26.0 Å². The standard InChI is InChI=1S/C26H31N3O4/c1-5-28(6-2)25(31)16-29-22-15-21(12-13-23(22)33-17-26(29)32)27-24(30)14-9-19-7-10-20(11-8-19)18(3)4/h7-15,18H,5-6,16-17H2,1-4H3,(H,27,30)/b14-9+. The van der Waals surface area contributed by atoms with Crippen LogP contribution in [0.25, 0.3) is 6.08 Å². The second-order valence-corrected chi connectivity index (χ2v) is 8.16. The van der Waals surface area contributed by atoms with E-state index in [2.05, 4.69) is 31.3 Å². The monoisotopic (exact) mass is 449 g/mol. The maximum atomic E-state index is 12.6. The minimum atomic E-state index is -0.295. The molecule has 0 aliphatic carbocycles. The third-order valence-electron chi connectivity index (χ3n) is 5.61. The number of nitrogens with one attached hydrogen (secondary N) is 1. The van der Waals surface area contributed by atoms with Gasteiger partial charge >= 0.3 is 0 Å². The van der Waals surface area contributed by atoms with Gasteiger partial charge in [0.15, 0.2) is 6.61 Å². The maximum Gasteiger partial charge on any atom is 0.265 e. The van der Waals surface area contributed by atoms with Crippen molar-refractivity contribution in [1.82, 2.24) is 4.90 Å². The topological polar surface area (TPSA) is 79.0 Å². The van der Waals surface area contributed by atoms with E-state index < -0.39 is 0 Å². The summed E-state index contributed by atoms with van der Waals surface area (Å²) in [7, 11) is 0. The van der Waals surface area contributed by atoms with Crippen molar-refractivity contribution in [2.75, 3.05) is 36.5 Å². The number of nitrogens with zero attached hydrogens (tertiary/aromatic N) is 2. The Bertz CT molecular complexity index is 1040. The molecule has 0 radical (unpaired) electrons. The smallest absolute Gasteiger partial charge is 0.265 e. The fourth-order valence-electron chi connectivity index (χ4n) is 3.61. The van der Waals surface area contributed by atoms with Crippen LogP contribution in [-0.4, -0.2) is 48.9 Å². The molecule has 0 fully saturated rings. The van der Waals surface area contributed by atoms with Crippen LogP contribution >= 0.6 is 0 Å². The van der Waals surface area contributed by atoms with Gasteiger partial charge in [-0.25, -0.2) is 0 Å². The Labute approximate surface area is 195 Å². The van der Waals surface area contributed by atoms with Gasteiger partial charge in [-0.2, -0.15) is 0 Å². The van der Waals surface area contributed by atoms with Gasteiger partial charge in [0.25, 0.3) is 5.91 Å². The SMILES string of the molecule is CCN(CC)C(=O)CN1C(=O)COc2ccc(NC(=O)/C=C/c3ccc(C(C)C)cc3)cc21. The number of amides is 3. The molecule has 2 aromatic carbocycles. The van der Waals surface area contributed by atoms with E-state index in [1.165, 1.54) is 16.5 Å². The molecule has 0 unspecified atom stereocenters. The summed E-state index contributed by atoms with van der Waals surface area (Å²) in [6, 6.07) is 13.1. The number of likely N-dealkylation sites (N-methyl/N-ethyl adjacent to an activating group) is 1. The van der Waals surface area contributed by atoms with Crippen LogP contribution in [0, 0.1) is 0 Å². The molecule has 1 N–H and O–H groups in total. The molecule has 1 heterocycles. The lowest BCUT2D eigenvalue weighted by molar-refractivity contribution is -0.131. The van der Waals surface area contributed by atoms with Crippen molar-refractivity contribution in [1.29, 1.82) is 0 Å². The van der Waals surface area contributed by atoms with E-state index >= 15 is 0 Å². The number of hydrogen-bond donors (Lipinski definition) is 1. The first kappa shape index (κ1) is 24.0. The highest BCUT2D eigenvalue weighted by Gasteiger charge is 2.28. The van der Waals surface area contributed by atoms with Gasteiger partial charge in [0.05, 0.1) is 5.69 Å². The highest BCUT2D eigenvalue weighted by Crippen LogP contribution is 2.34. The molecule has 1 aliphatic rings. The Balaban J connectivity index is 1.72. The lowest BCUT2D eigenvalue weighted by Gasteiger charge is -2.31. The molecule has 0 saturated carbocycles. The summed E-state index contributed by atoms with van der Waals surface area (Å²) < 4.78 is 5.51. The van der Waals surface area contributed by atoms with Crippen molar-refractivity contribution in [3.63, 3.8) is 0 Å². The molecule has 3 amide bonds. The Morgan fingerprint density at radius 3 is 2.45 bits per heavy atom. The molecule has 174 valence electrons. The van der Waals surface area contributed by atoms with Crippen molar-refractivity contribution in [3.05, 3.63) is 59.7 Å². The summed E-state index contributed by atoms with van der Waals surface area (Å²) in [6.45, 7) is 9.02. The number of rotatable bonds is 8. The predicted octanol–water partition coefficient (Wildman–Crippen LogP) is 4.06. The Kier molecular flexibility index (Phi) is 7.87. The summed E-state index contributed by atoms with van der Waals surface area (Å²) in [6.07, 6.45) is 3.21. The summed E-state index contributed by atoms with van der Waals surface area (Å²) in [5, 5.41) is 2.81. The van der Waals surface area contributed by atoms with E-state index in [0.29, 0.717) is 36.1 Å². The summed E-state index contributed by atoms with van der Waals surface area (Å²) >= 11 is 0. The number of fused-ring (bicyclic) bond motifs is 1. The van der Waals surface area contributed by atoms with E-state index in [-0.39, 0.29) is 30.9 Å². The summed E-state index contributed by atoms with van der Waals surface area (Å²) in [5.74, 6) is 0.226. The summed E-state index contributed by atoms with van der Waals surface area (Å²) in [5.41, 5.74) is 3.15. The molecule has 7 nitrogen and oxygen atoms in total. The number of ether oxygens (including phenoxy) is 1. The minimum Gasteiger partial charge on any atom is -0.482 e. The third-order valence-corrected chi connectivity index (χ3v) is 5.61. The molecular formula is C26H31N3O4. The second-order valence-electron chi connectivity index (χ2n) is 8.16. The molecule has 3 rings (SSSR count). The van der Waals surface area contributed by atoms with Gasteiger partial charge in [-0.05, 0) is 55.2 Å². The van der Waals surface area contributed by atoms with Gasteiger partial charge in [0, 0.05) is 24.9 Å². The minimum absolute atomic E-state index is 0.0689. The zero-order chi connectivity index (χ0) is 24.0. The number of anilines is 2. The van der Waals surface area contributed by atoms with Crippen LogP contribution in [0.2, 0.25) is 0 Å². The first-order chi connectivity index (χ1) is 15.8. The van der Waals surface area contributed by atoms with Gasteiger partial charge < -0.3 is 15.0 Å². The first-order valence-electron chi connectivity index (χ1n) is 11.3. The van der Waals surface area contributed by atoms with Crippen LogP contribution in [0.15, 0.2) is 48.5 Å². The number of carbonyl (C=O) groups excluding carboxylic acids is 3. The molecule has 33 heavy (non-hydrogen) atoms. The average molecular weight is 450 g/mol. The number of benzene rings is 2. The van der Waals surface area contributed by atoms with Crippen LogP contribution in [0.3, 0.4) is 0 Å². The molecule has 7 heteroatoms. The zero-order valence-electron chi connectivity index (χ0n) is 19.6. The Morgan fingerprint density at radius 1 is 1.12 bits per heavy atom. The fourth-order valence-corrected chi connectivity index (χ4v) is 3.61. The van der Waals surface area contributed by atoms with Crippen molar-refractivity contribution < 1.29 is 19.1 Å². The van der Waals surface area contributed by atoms with Crippen LogP contribution in [0.4, 0.5) is 11.4 Å². The zero-order valence-corrected chi connectivity index (χ0v) is 19.6. The maximum absolute atomic E-state index is 12.6. The quantitative estimate of drug-likeness (QED) is 0.617. The summed E-state index contributed by atoms with van der Waals surface area (Å²) in [4.78, 5) is 40.6.